The van der Waals surface area contributed by atoms with Crippen molar-refractivity contribution >= 4 is 16.9 Å². The Balaban J connectivity index is 1.62. The van der Waals surface area contributed by atoms with Crippen LogP contribution in [0, 0.1) is 0 Å². The first-order valence-corrected chi connectivity index (χ1v) is 10.1. The zero-order valence-corrected chi connectivity index (χ0v) is 16.5. The number of hydrogen-bond donors (Lipinski definition) is 2. The molecular weight excluding hydrogens is 402 g/mol. The van der Waals surface area contributed by atoms with Crippen LogP contribution in [0.4, 0.5) is 0 Å². The number of hydrogen-bond acceptors (Lipinski definition) is 8. The van der Waals surface area contributed by atoms with Gasteiger partial charge in [-0.1, -0.05) is 0 Å². The third-order valence-electron chi connectivity index (χ3n) is 6.20. The number of carbonyl (C=O) groups excluding carboxylic acids is 1. The molecule has 0 unspecified atom stereocenters. The van der Waals surface area contributed by atoms with E-state index < -0.39 is 12.1 Å². The molecule has 9 heteroatoms. The van der Waals surface area contributed by atoms with Gasteiger partial charge in [-0.2, -0.15) is 0 Å². The first-order valence-electron chi connectivity index (χ1n) is 10.1. The van der Waals surface area contributed by atoms with Crippen molar-refractivity contribution in [2.45, 2.75) is 32.1 Å². The molecule has 0 fully saturated rings. The van der Waals surface area contributed by atoms with Crippen LogP contribution in [0.5, 0.6) is 11.5 Å². The second kappa shape index (κ2) is 6.53. The molecule has 3 aliphatic rings. The van der Waals surface area contributed by atoms with Crippen LogP contribution in [0.1, 0.15) is 34.8 Å². The summed E-state index contributed by atoms with van der Waals surface area (Å²) in [6.07, 6.45) is 0.0323. The molecule has 3 N–H and O–H groups in total. The summed E-state index contributed by atoms with van der Waals surface area (Å²) in [5.41, 5.74) is 10.1. The van der Waals surface area contributed by atoms with E-state index in [2.05, 4.69) is 0 Å². The number of fused-ring (bicyclic) bond motifs is 6. The van der Waals surface area contributed by atoms with E-state index in [0.717, 1.165) is 34.9 Å². The van der Waals surface area contributed by atoms with Crippen molar-refractivity contribution in [3.8, 4) is 22.9 Å². The lowest BCUT2D eigenvalue weighted by Crippen LogP contribution is -2.32. The molecule has 3 aliphatic heterocycles. The van der Waals surface area contributed by atoms with Crippen LogP contribution in [0.15, 0.2) is 23.0 Å². The number of aliphatic hydroxyl groups is 1. The lowest BCUT2D eigenvalue weighted by atomic mass is 9.96. The highest BCUT2D eigenvalue weighted by Crippen LogP contribution is 2.42. The second-order valence-corrected chi connectivity index (χ2v) is 7.90. The van der Waals surface area contributed by atoms with Gasteiger partial charge in [-0.3, -0.25) is 4.79 Å². The van der Waals surface area contributed by atoms with Gasteiger partial charge < -0.3 is 29.6 Å². The van der Waals surface area contributed by atoms with Crippen molar-refractivity contribution in [3.63, 3.8) is 0 Å². The predicted molar refractivity (Wildman–Crippen MR) is 109 cm³/mol. The Hall–Kier alpha value is -3.43. The normalized spacial score (nSPS) is 18.0. The van der Waals surface area contributed by atoms with Crippen LogP contribution in [0.2, 0.25) is 0 Å². The topological polar surface area (TPSA) is 126 Å². The van der Waals surface area contributed by atoms with E-state index >= 15 is 0 Å². The molecule has 0 saturated heterocycles. The second-order valence-electron chi connectivity index (χ2n) is 7.90. The molecule has 0 saturated carbocycles. The maximum absolute atomic E-state index is 13.2. The van der Waals surface area contributed by atoms with E-state index in [1.165, 1.54) is 0 Å². The Morgan fingerprint density at radius 1 is 1.13 bits per heavy atom. The quantitative estimate of drug-likeness (QED) is 0.472. The largest absolute Gasteiger partial charge is 0.458 e. The maximum Gasteiger partial charge on any atom is 0.340 e. The lowest BCUT2D eigenvalue weighted by Gasteiger charge is -2.21. The molecule has 0 aliphatic carbocycles. The van der Waals surface area contributed by atoms with Gasteiger partial charge in [0, 0.05) is 22.6 Å². The molecule has 6 rings (SSSR count). The maximum atomic E-state index is 13.2. The van der Waals surface area contributed by atoms with E-state index in [0.29, 0.717) is 41.5 Å². The van der Waals surface area contributed by atoms with E-state index in [9.17, 15) is 14.7 Å². The zero-order chi connectivity index (χ0) is 21.3. The molecule has 0 radical (unpaired) electrons. The van der Waals surface area contributed by atoms with Crippen molar-refractivity contribution < 1.29 is 24.1 Å². The molecule has 1 aromatic carbocycles. The summed E-state index contributed by atoms with van der Waals surface area (Å²) in [6.45, 7) is 0.924. The fourth-order valence-electron chi connectivity index (χ4n) is 4.66. The standard InChI is InChI=1S/C22H19N3O6/c23-3-1-2-10-11-5-17-18(31-9-30-17)6-15(11)24-19-13(10)7-25-16(19)4-12-14(21(25)27)8-29-22(28)20(12)26/h4-6,20,26H,1-3,7-9,23H2/t20-/m0/s1. The highest BCUT2D eigenvalue weighted by atomic mass is 16.7. The third-order valence-corrected chi connectivity index (χ3v) is 6.20. The molecule has 0 bridgehead atoms. The minimum atomic E-state index is -1.47. The van der Waals surface area contributed by atoms with Gasteiger partial charge in [-0.25, -0.2) is 9.78 Å². The van der Waals surface area contributed by atoms with Crippen molar-refractivity contribution in [2.24, 2.45) is 5.73 Å². The minimum absolute atomic E-state index is 0.141. The average molecular weight is 421 g/mol. The molecule has 5 heterocycles. The van der Waals surface area contributed by atoms with Crippen LogP contribution in [0.25, 0.3) is 22.3 Å². The van der Waals surface area contributed by atoms with E-state index in [1.807, 2.05) is 12.1 Å². The van der Waals surface area contributed by atoms with Gasteiger partial charge in [0.15, 0.2) is 17.6 Å². The first-order chi connectivity index (χ1) is 15.1. The van der Waals surface area contributed by atoms with Crippen molar-refractivity contribution in [2.75, 3.05) is 13.3 Å². The number of cyclic esters (lactones) is 1. The molecule has 9 nitrogen and oxygen atoms in total. The number of pyridine rings is 2. The average Bonchev–Trinajstić information content (AvgIpc) is 3.37. The number of aryl methyl sites for hydroxylation is 1. The summed E-state index contributed by atoms with van der Waals surface area (Å²) in [6, 6.07) is 5.46. The van der Waals surface area contributed by atoms with Crippen molar-refractivity contribution in [1.29, 1.82) is 0 Å². The van der Waals surface area contributed by atoms with Gasteiger partial charge in [-0.15, -0.1) is 0 Å². The fourth-order valence-corrected chi connectivity index (χ4v) is 4.66. The molecule has 0 amide bonds. The van der Waals surface area contributed by atoms with Crippen LogP contribution >= 0.6 is 0 Å². The Morgan fingerprint density at radius 2 is 1.94 bits per heavy atom. The number of benzene rings is 1. The third kappa shape index (κ3) is 2.53. The lowest BCUT2D eigenvalue weighted by molar-refractivity contribution is -0.157. The van der Waals surface area contributed by atoms with E-state index in [4.69, 9.17) is 24.9 Å². The monoisotopic (exact) mass is 421 g/mol. The molecule has 0 spiro atoms. The van der Waals surface area contributed by atoms with Crippen LogP contribution < -0.4 is 20.8 Å². The summed E-state index contributed by atoms with van der Waals surface area (Å²) in [5, 5.41) is 11.2. The Bertz CT molecular complexity index is 1350. The molecule has 158 valence electrons. The van der Waals surface area contributed by atoms with Gasteiger partial charge in [0.2, 0.25) is 6.79 Å². The smallest absolute Gasteiger partial charge is 0.340 e. The Labute approximate surface area is 176 Å². The predicted octanol–water partition coefficient (Wildman–Crippen LogP) is 1.14. The number of rotatable bonds is 3. The molecular formula is C22H19N3O6. The summed E-state index contributed by atoms with van der Waals surface area (Å²) in [7, 11) is 0. The molecule has 31 heavy (non-hydrogen) atoms. The van der Waals surface area contributed by atoms with Gasteiger partial charge in [0.1, 0.15) is 6.61 Å². The summed E-state index contributed by atoms with van der Waals surface area (Å²) in [5.74, 6) is 0.548. The number of nitrogens with zero attached hydrogens (tertiary/aromatic N) is 2. The summed E-state index contributed by atoms with van der Waals surface area (Å²) in [4.78, 5) is 29.9. The van der Waals surface area contributed by atoms with Crippen molar-refractivity contribution in [3.05, 3.63) is 50.8 Å². The van der Waals surface area contributed by atoms with Crippen LogP contribution in [0.3, 0.4) is 0 Å². The van der Waals surface area contributed by atoms with Gasteiger partial charge >= 0.3 is 5.97 Å². The van der Waals surface area contributed by atoms with E-state index in [1.54, 1.807) is 10.6 Å². The fraction of sp³-hybridized carbons (Fsp3) is 0.318. The number of carbonyl (C=O) groups is 1. The zero-order valence-electron chi connectivity index (χ0n) is 16.5. The number of ether oxygens (including phenoxy) is 3. The minimum Gasteiger partial charge on any atom is -0.458 e. The Kier molecular flexibility index (Phi) is 3.87. The van der Waals surface area contributed by atoms with Gasteiger partial charge in [0.05, 0.1) is 29.0 Å². The molecule has 3 aromatic rings. The summed E-state index contributed by atoms with van der Waals surface area (Å²) < 4.78 is 17.7. The highest BCUT2D eigenvalue weighted by molar-refractivity contribution is 5.91. The van der Waals surface area contributed by atoms with Crippen molar-refractivity contribution in [1.82, 2.24) is 9.55 Å². The van der Waals surface area contributed by atoms with Gasteiger partial charge in [-0.05, 0) is 37.1 Å². The SMILES string of the molecule is NCCCc1c2c(nc3cc4c(cc13)OCO4)-c1cc3c(c(=O)n1C2)COC(=O)[C@H]3O. The number of aromatic nitrogens is 2. The number of esters is 1. The first kappa shape index (κ1) is 18.3. The van der Waals surface area contributed by atoms with Crippen LogP contribution in [-0.4, -0.2) is 34.0 Å². The van der Waals surface area contributed by atoms with Gasteiger partial charge in [0.25, 0.3) is 5.56 Å². The number of nitrogens with two attached hydrogens (primary N) is 1. The summed E-state index contributed by atoms with van der Waals surface area (Å²) >= 11 is 0. The Morgan fingerprint density at radius 3 is 2.74 bits per heavy atom. The highest BCUT2D eigenvalue weighted by Gasteiger charge is 2.34. The molecule has 2 aromatic heterocycles. The van der Waals surface area contributed by atoms with Crippen LogP contribution in [-0.2, 0) is 29.1 Å². The molecule has 1 atom stereocenters. The van der Waals surface area contributed by atoms with E-state index in [-0.39, 0.29) is 24.5 Å². The number of aliphatic hydroxyl groups excluding tert-OH is 1.